The van der Waals surface area contributed by atoms with Crippen LogP contribution in [0.3, 0.4) is 0 Å². The van der Waals surface area contributed by atoms with E-state index in [4.69, 9.17) is 0 Å². The maximum Gasteiger partial charge on any atom is 0.0586 e. The van der Waals surface area contributed by atoms with Crippen molar-refractivity contribution in [2.45, 2.75) is 90.0 Å². The zero-order valence-corrected chi connectivity index (χ0v) is 13.1. The largest absolute Gasteiger partial charge is 0.395 e. The van der Waals surface area contributed by atoms with Gasteiger partial charge in [-0.05, 0) is 32.4 Å². The fourth-order valence-corrected chi connectivity index (χ4v) is 3.20. The normalized spacial score (nSPS) is 20.2. The van der Waals surface area contributed by atoms with Crippen molar-refractivity contribution in [1.82, 2.24) is 4.90 Å². The van der Waals surface area contributed by atoms with Crippen LogP contribution in [0.2, 0.25) is 0 Å². The Labute approximate surface area is 120 Å². The molecule has 1 aliphatic heterocycles. The second-order valence-corrected chi connectivity index (χ2v) is 6.20. The number of rotatable bonds is 12. The number of unbranched alkanes of at least 4 members (excludes halogenated alkanes) is 9. The first-order valence-electron chi connectivity index (χ1n) is 8.73. The van der Waals surface area contributed by atoms with Crippen molar-refractivity contribution in [3.8, 4) is 0 Å². The van der Waals surface area contributed by atoms with E-state index in [0.29, 0.717) is 12.6 Å². The van der Waals surface area contributed by atoms with Crippen LogP contribution in [0, 0.1) is 0 Å². The Morgan fingerprint density at radius 3 is 2.05 bits per heavy atom. The Morgan fingerprint density at radius 2 is 1.47 bits per heavy atom. The minimum atomic E-state index is 0.359. The molecule has 1 N–H and O–H groups in total. The summed E-state index contributed by atoms with van der Waals surface area (Å²) in [6, 6.07) is 0.471. The van der Waals surface area contributed by atoms with Crippen LogP contribution in [-0.2, 0) is 0 Å². The third-order valence-corrected chi connectivity index (χ3v) is 4.51. The van der Waals surface area contributed by atoms with Gasteiger partial charge in [0.2, 0.25) is 0 Å². The molecule has 19 heavy (non-hydrogen) atoms. The molecule has 1 rings (SSSR count). The zero-order chi connectivity index (χ0) is 13.8. The molecule has 0 aromatic heterocycles. The first-order chi connectivity index (χ1) is 9.38. The predicted molar refractivity (Wildman–Crippen MR) is 83.5 cm³/mol. The molecule has 0 saturated carbocycles. The van der Waals surface area contributed by atoms with Crippen LogP contribution < -0.4 is 0 Å². The van der Waals surface area contributed by atoms with Crippen LogP contribution in [0.5, 0.6) is 0 Å². The number of hydrogen-bond acceptors (Lipinski definition) is 2. The fourth-order valence-electron chi connectivity index (χ4n) is 3.20. The summed E-state index contributed by atoms with van der Waals surface area (Å²) < 4.78 is 0. The molecular weight excluding hydrogens is 234 g/mol. The van der Waals surface area contributed by atoms with Crippen molar-refractivity contribution in [2.75, 3.05) is 19.7 Å². The highest BCUT2D eigenvalue weighted by molar-refractivity contribution is 4.77. The summed E-state index contributed by atoms with van der Waals surface area (Å²) in [4.78, 5) is 2.49. The van der Waals surface area contributed by atoms with E-state index in [9.17, 15) is 5.11 Å². The fraction of sp³-hybridized carbons (Fsp3) is 1.00. The van der Waals surface area contributed by atoms with Gasteiger partial charge >= 0.3 is 0 Å². The van der Waals surface area contributed by atoms with E-state index in [1.807, 2.05) is 0 Å². The molecule has 2 heteroatoms. The minimum Gasteiger partial charge on any atom is -0.395 e. The zero-order valence-electron chi connectivity index (χ0n) is 13.1. The predicted octanol–water partition coefficient (Wildman–Crippen LogP) is 4.36. The lowest BCUT2D eigenvalue weighted by atomic mass is 10.1. The van der Waals surface area contributed by atoms with Crippen molar-refractivity contribution < 1.29 is 5.11 Å². The molecule has 1 atom stereocenters. The van der Waals surface area contributed by atoms with Crippen LogP contribution in [0.4, 0.5) is 0 Å². The highest BCUT2D eigenvalue weighted by Crippen LogP contribution is 2.17. The van der Waals surface area contributed by atoms with Crippen molar-refractivity contribution in [3.63, 3.8) is 0 Å². The van der Waals surface area contributed by atoms with Crippen LogP contribution >= 0.6 is 0 Å². The van der Waals surface area contributed by atoms with Crippen LogP contribution in [-0.4, -0.2) is 35.7 Å². The van der Waals surface area contributed by atoms with E-state index in [0.717, 1.165) is 0 Å². The highest BCUT2D eigenvalue weighted by Gasteiger charge is 2.22. The standard InChI is InChI=1S/C17H35NO/c1-2-3-4-5-6-7-8-9-10-11-14-18-15-12-13-17(18)16-19/h17,19H,2-16H2,1H3/t17-/m0/s1. The lowest BCUT2D eigenvalue weighted by molar-refractivity contribution is 0.157. The lowest BCUT2D eigenvalue weighted by Gasteiger charge is -2.22. The van der Waals surface area contributed by atoms with Gasteiger partial charge in [0.1, 0.15) is 0 Å². The average molecular weight is 269 g/mol. The lowest BCUT2D eigenvalue weighted by Crippen LogP contribution is -2.32. The maximum atomic E-state index is 9.26. The van der Waals surface area contributed by atoms with Crippen molar-refractivity contribution >= 4 is 0 Å². The quantitative estimate of drug-likeness (QED) is 0.532. The van der Waals surface area contributed by atoms with Crippen LogP contribution in [0.25, 0.3) is 0 Å². The van der Waals surface area contributed by atoms with Gasteiger partial charge in [-0.3, -0.25) is 4.90 Å². The van der Waals surface area contributed by atoms with Crippen molar-refractivity contribution in [3.05, 3.63) is 0 Å². The molecule has 1 saturated heterocycles. The van der Waals surface area contributed by atoms with E-state index < -0.39 is 0 Å². The molecule has 2 nitrogen and oxygen atoms in total. The van der Waals surface area contributed by atoms with Gasteiger partial charge in [0.25, 0.3) is 0 Å². The van der Waals surface area contributed by atoms with Crippen LogP contribution in [0.15, 0.2) is 0 Å². The molecule has 0 bridgehead atoms. The SMILES string of the molecule is CCCCCCCCCCCCN1CCC[C@H]1CO. The molecule has 0 amide bonds. The summed E-state index contributed by atoms with van der Waals surface area (Å²) >= 11 is 0. The third-order valence-electron chi connectivity index (χ3n) is 4.51. The first-order valence-corrected chi connectivity index (χ1v) is 8.73. The Balaban J connectivity index is 1.81. The molecule has 0 spiro atoms. The molecule has 0 radical (unpaired) electrons. The molecule has 0 aromatic rings. The summed E-state index contributed by atoms with van der Waals surface area (Å²) in [5.74, 6) is 0. The summed E-state index contributed by atoms with van der Waals surface area (Å²) in [6.07, 6.45) is 16.6. The summed E-state index contributed by atoms with van der Waals surface area (Å²) in [7, 11) is 0. The smallest absolute Gasteiger partial charge is 0.0586 e. The monoisotopic (exact) mass is 269 g/mol. The molecule has 114 valence electrons. The van der Waals surface area contributed by atoms with Gasteiger partial charge < -0.3 is 5.11 Å². The van der Waals surface area contributed by atoms with E-state index >= 15 is 0 Å². The van der Waals surface area contributed by atoms with Crippen molar-refractivity contribution in [1.29, 1.82) is 0 Å². The number of hydrogen-bond donors (Lipinski definition) is 1. The Morgan fingerprint density at radius 1 is 0.895 bits per heavy atom. The number of nitrogens with zero attached hydrogens (tertiary/aromatic N) is 1. The Hall–Kier alpha value is -0.0800. The molecule has 0 unspecified atom stereocenters. The van der Waals surface area contributed by atoms with Gasteiger partial charge in [0.15, 0.2) is 0 Å². The number of likely N-dealkylation sites (tertiary alicyclic amines) is 1. The van der Waals surface area contributed by atoms with E-state index in [-0.39, 0.29) is 0 Å². The Kier molecular flexibility index (Phi) is 10.5. The Bertz CT molecular complexity index is 196. The van der Waals surface area contributed by atoms with Crippen molar-refractivity contribution in [2.24, 2.45) is 0 Å². The van der Waals surface area contributed by atoms with Crippen LogP contribution in [0.1, 0.15) is 84.0 Å². The van der Waals surface area contributed by atoms with Gasteiger partial charge in [-0.15, -0.1) is 0 Å². The van der Waals surface area contributed by atoms with Gasteiger partial charge in [-0.25, -0.2) is 0 Å². The van der Waals surface area contributed by atoms with Gasteiger partial charge in [-0.1, -0.05) is 64.7 Å². The molecule has 0 aliphatic carbocycles. The van der Waals surface area contributed by atoms with Gasteiger partial charge in [0.05, 0.1) is 6.61 Å². The number of aliphatic hydroxyl groups excluding tert-OH is 1. The number of aliphatic hydroxyl groups is 1. The molecule has 1 aliphatic rings. The summed E-state index contributed by atoms with van der Waals surface area (Å²) in [5, 5.41) is 9.26. The first kappa shape index (κ1) is 17.0. The van der Waals surface area contributed by atoms with Gasteiger partial charge in [-0.2, -0.15) is 0 Å². The second kappa shape index (κ2) is 11.7. The highest BCUT2D eigenvalue weighted by atomic mass is 16.3. The van der Waals surface area contributed by atoms with Gasteiger partial charge in [0, 0.05) is 6.04 Å². The molecule has 0 aromatic carbocycles. The molecule has 1 fully saturated rings. The van der Waals surface area contributed by atoms with E-state index in [2.05, 4.69) is 11.8 Å². The topological polar surface area (TPSA) is 23.5 Å². The molecular formula is C17H35NO. The summed E-state index contributed by atoms with van der Waals surface area (Å²) in [5.41, 5.74) is 0. The summed E-state index contributed by atoms with van der Waals surface area (Å²) in [6.45, 7) is 5.06. The van der Waals surface area contributed by atoms with E-state index in [1.54, 1.807) is 0 Å². The minimum absolute atomic E-state index is 0.359. The van der Waals surface area contributed by atoms with E-state index in [1.165, 1.54) is 90.1 Å². The second-order valence-electron chi connectivity index (χ2n) is 6.20. The third kappa shape index (κ3) is 7.94. The average Bonchev–Trinajstić information content (AvgIpc) is 2.88. The molecule has 1 heterocycles. The maximum absolute atomic E-state index is 9.26.